The van der Waals surface area contributed by atoms with Crippen LogP contribution in [0.25, 0.3) is 0 Å². The van der Waals surface area contributed by atoms with Gasteiger partial charge in [-0.15, -0.1) is 0 Å². The van der Waals surface area contributed by atoms with Crippen LogP contribution in [0.4, 0.5) is 4.79 Å². The van der Waals surface area contributed by atoms with Crippen molar-refractivity contribution in [3.05, 3.63) is 41.0 Å². The van der Waals surface area contributed by atoms with Crippen molar-refractivity contribution in [3.63, 3.8) is 0 Å². The Bertz CT molecular complexity index is 924. The number of hydrogen-bond acceptors (Lipinski definition) is 6. The molecule has 29 heavy (non-hydrogen) atoms. The molecule has 1 aromatic heterocycles. The summed E-state index contributed by atoms with van der Waals surface area (Å²) in [4.78, 5) is 16.3. The van der Waals surface area contributed by atoms with Crippen molar-refractivity contribution in [1.82, 2.24) is 25.5 Å². The van der Waals surface area contributed by atoms with E-state index < -0.39 is 10.0 Å². The minimum absolute atomic E-state index is 0.100. The number of rotatable bonds is 10. The Morgan fingerprint density at radius 1 is 1.14 bits per heavy atom. The van der Waals surface area contributed by atoms with Crippen LogP contribution < -0.4 is 15.4 Å². The first-order valence-electron chi connectivity index (χ1n) is 9.60. The molecule has 0 aliphatic rings. The van der Waals surface area contributed by atoms with Crippen LogP contribution in [0.3, 0.4) is 0 Å². The van der Waals surface area contributed by atoms with Crippen molar-refractivity contribution >= 4 is 16.1 Å². The predicted octanol–water partition coefficient (Wildman–Crippen LogP) is 2.02. The summed E-state index contributed by atoms with van der Waals surface area (Å²) in [6, 6.07) is 4.91. The minimum Gasteiger partial charge on any atom is -0.339 e. The molecule has 0 saturated carbocycles. The standard InChI is InChI=1S/C19H29N5O4S/c1-13(2)18-23-17(28-24-18)6-5-9-20-19(25)21-10-11-22-29(26,27)16-12-14(3)7-8-15(16)4/h7-8,12-13,22H,5-6,9-11H2,1-4H3,(H2,20,21,25). The van der Waals surface area contributed by atoms with Gasteiger partial charge in [0.2, 0.25) is 15.9 Å². The number of nitrogens with one attached hydrogen (secondary N) is 3. The Morgan fingerprint density at radius 3 is 2.55 bits per heavy atom. The van der Waals surface area contributed by atoms with Gasteiger partial charge in [-0.3, -0.25) is 0 Å². The molecule has 0 saturated heterocycles. The maximum absolute atomic E-state index is 12.4. The number of urea groups is 1. The van der Waals surface area contributed by atoms with Crippen molar-refractivity contribution in [2.45, 2.75) is 51.3 Å². The number of sulfonamides is 1. The number of carbonyl (C=O) groups is 1. The van der Waals surface area contributed by atoms with Gasteiger partial charge in [-0.2, -0.15) is 4.98 Å². The van der Waals surface area contributed by atoms with E-state index in [1.165, 1.54) is 0 Å². The molecule has 160 valence electrons. The van der Waals surface area contributed by atoms with E-state index >= 15 is 0 Å². The normalized spacial score (nSPS) is 11.6. The van der Waals surface area contributed by atoms with Gasteiger partial charge in [-0.25, -0.2) is 17.9 Å². The average Bonchev–Trinajstić information content (AvgIpc) is 3.13. The molecule has 1 aromatic carbocycles. The highest BCUT2D eigenvalue weighted by Gasteiger charge is 2.16. The monoisotopic (exact) mass is 423 g/mol. The maximum Gasteiger partial charge on any atom is 0.314 e. The summed E-state index contributed by atoms with van der Waals surface area (Å²) in [7, 11) is -3.61. The summed E-state index contributed by atoms with van der Waals surface area (Å²) in [5.41, 5.74) is 1.55. The molecular weight excluding hydrogens is 394 g/mol. The number of carbonyl (C=O) groups excluding carboxylic acids is 1. The maximum atomic E-state index is 12.4. The third-order valence-corrected chi connectivity index (χ3v) is 5.79. The molecule has 0 bridgehead atoms. The Balaban J connectivity index is 1.64. The van der Waals surface area contributed by atoms with Gasteiger partial charge in [-0.05, 0) is 37.5 Å². The molecule has 0 radical (unpaired) electrons. The lowest BCUT2D eigenvalue weighted by Crippen LogP contribution is -2.40. The number of hydrogen-bond donors (Lipinski definition) is 3. The summed E-state index contributed by atoms with van der Waals surface area (Å²) in [5, 5.41) is 9.22. The van der Waals surface area contributed by atoms with Crippen LogP contribution in [0.5, 0.6) is 0 Å². The van der Waals surface area contributed by atoms with Crippen LogP contribution in [0.15, 0.2) is 27.6 Å². The Hall–Kier alpha value is -2.46. The van der Waals surface area contributed by atoms with Gasteiger partial charge in [0.1, 0.15) is 0 Å². The molecule has 3 N–H and O–H groups in total. The van der Waals surface area contributed by atoms with Gasteiger partial charge in [0.05, 0.1) is 4.90 Å². The number of nitrogens with zero attached hydrogens (tertiary/aromatic N) is 2. The first kappa shape index (κ1) is 22.8. The molecular formula is C19H29N5O4S. The molecule has 0 aliphatic heterocycles. The van der Waals surface area contributed by atoms with Gasteiger partial charge in [-0.1, -0.05) is 31.1 Å². The molecule has 2 aromatic rings. The molecule has 2 rings (SSSR count). The second kappa shape index (κ2) is 10.4. The van der Waals surface area contributed by atoms with Crippen LogP contribution in [-0.4, -0.2) is 44.2 Å². The second-order valence-corrected chi connectivity index (χ2v) is 8.89. The van der Waals surface area contributed by atoms with E-state index in [-0.39, 0.29) is 29.9 Å². The largest absolute Gasteiger partial charge is 0.339 e. The zero-order valence-corrected chi connectivity index (χ0v) is 18.1. The van der Waals surface area contributed by atoms with E-state index in [4.69, 9.17) is 4.52 Å². The van der Waals surface area contributed by atoms with Crippen molar-refractivity contribution in [3.8, 4) is 0 Å². The fourth-order valence-corrected chi connectivity index (χ4v) is 3.90. The van der Waals surface area contributed by atoms with Crippen molar-refractivity contribution < 1.29 is 17.7 Å². The lowest BCUT2D eigenvalue weighted by molar-refractivity contribution is 0.240. The average molecular weight is 424 g/mol. The summed E-state index contributed by atoms with van der Waals surface area (Å²) >= 11 is 0. The van der Waals surface area contributed by atoms with E-state index in [9.17, 15) is 13.2 Å². The van der Waals surface area contributed by atoms with Crippen LogP contribution in [0.2, 0.25) is 0 Å². The molecule has 10 heteroatoms. The fourth-order valence-electron chi connectivity index (χ4n) is 2.54. The Labute approximate surface area is 171 Å². The highest BCUT2D eigenvalue weighted by atomic mass is 32.2. The quantitative estimate of drug-likeness (QED) is 0.502. The third-order valence-electron chi connectivity index (χ3n) is 4.19. The van der Waals surface area contributed by atoms with Crippen LogP contribution in [0.1, 0.15) is 49.0 Å². The third kappa shape index (κ3) is 7.13. The van der Waals surface area contributed by atoms with Gasteiger partial charge in [0.25, 0.3) is 0 Å². The smallest absolute Gasteiger partial charge is 0.314 e. The SMILES string of the molecule is Cc1ccc(C)c(S(=O)(=O)NCCNC(=O)NCCCc2nc(C(C)C)no2)c1. The van der Waals surface area contributed by atoms with E-state index in [1.54, 1.807) is 19.1 Å². The Kier molecular flexibility index (Phi) is 8.15. The van der Waals surface area contributed by atoms with Gasteiger partial charge in [0, 0.05) is 32.0 Å². The topological polar surface area (TPSA) is 126 Å². The van der Waals surface area contributed by atoms with E-state index in [0.717, 1.165) is 5.56 Å². The first-order chi connectivity index (χ1) is 13.7. The van der Waals surface area contributed by atoms with E-state index in [2.05, 4.69) is 25.5 Å². The van der Waals surface area contributed by atoms with Crippen LogP contribution in [0, 0.1) is 13.8 Å². The highest BCUT2D eigenvalue weighted by molar-refractivity contribution is 7.89. The van der Waals surface area contributed by atoms with Crippen LogP contribution in [-0.2, 0) is 16.4 Å². The summed E-state index contributed by atoms with van der Waals surface area (Å²) in [6.45, 7) is 8.29. The lowest BCUT2D eigenvalue weighted by atomic mass is 10.2. The predicted molar refractivity (Wildman–Crippen MR) is 109 cm³/mol. The van der Waals surface area contributed by atoms with Crippen molar-refractivity contribution in [2.24, 2.45) is 0 Å². The lowest BCUT2D eigenvalue weighted by Gasteiger charge is -2.11. The Morgan fingerprint density at radius 2 is 1.86 bits per heavy atom. The molecule has 9 nitrogen and oxygen atoms in total. The van der Waals surface area contributed by atoms with E-state index in [1.807, 2.05) is 26.8 Å². The highest BCUT2D eigenvalue weighted by Crippen LogP contribution is 2.16. The van der Waals surface area contributed by atoms with Gasteiger partial charge >= 0.3 is 6.03 Å². The molecule has 0 aliphatic carbocycles. The summed E-state index contributed by atoms with van der Waals surface area (Å²) in [6.07, 6.45) is 1.24. The number of amides is 2. The minimum atomic E-state index is -3.61. The molecule has 0 fully saturated rings. The number of aromatic nitrogens is 2. The van der Waals surface area contributed by atoms with Crippen LogP contribution >= 0.6 is 0 Å². The van der Waals surface area contributed by atoms with Gasteiger partial charge in [0.15, 0.2) is 5.82 Å². The number of aryl methyl sites for hydroxylation is 3. The van der Waals surface area contributed by atoms with Crippen molar-refractivity contribution in [1.29, 1.82) is 0 Å². The number of benzene rings is 1. The molecule has 0 atom stereocenters. The second-order valence-electron chi connectivity index (χ2n) is 7.15. The summed E-state index contributed by atoms with van der Waals surface area (Å²) in [5.74, 6) is 1.44. The molecule has 1 heterocycles. The fraction of sp³-hybridized carbons (Fsp3) is 0.526. The zero-order valence-electron chi connectivity index (χ0n) is 17.3. The molecule has 0 spiro atoms. The zero-order chi connectivity index (χ0) is 21.4. The summed E-state index contributed by atoms with van der Waals surface area (Å²) < 4.78 is 32.4. The van der Waals surface area contributed by atoms with Crippen molar-refractivity contribution in [2.75, 3.05) is 19.6 Å². The first-order valence-corrected chi connectivity index (χ1v) is 11.1. The van der Waals surface area contributed by atoms with E-state index in [0.29, 0.717) is 36.7 Å². The molecule has 0 unspecified atom stereocenters. The molecule has 2 amide bonds. The van der Waals surface area contributed by atoms with Gasteiger partial charge < -0.3 is 15.2 Å².